The lowest BCUT2D eigenvalue weighted by atomic mass is 10.2. The van der Waals surface area contributed by atoms with Crippen LogP contribution >= 0.6 is 11.6 Å². The van der Waals surface area contributed by atoms with Gasteiger partial charge in [0.25, 0.3) is 5.90 Å². The first-order valence-electron chi connectivity index (χ1n) is 5.79. The van der Waals surface area contributed by atoms with E-state index in [1.165, 1.54) is 7.11 Å². The minimum atomic E-state index is -1.23. The van der Waals surface area contributed by atoms with E-state index in [2.05, 4.69) is 9.99 Å². The van der Waals surface area contributed by atoms with Crippen LogP contribution < -0.4 is 0 Å². The number of benzene rings is 1. The molecule has 0 radical (unpaired) electrons. The number of hydrogen-bond acceptors (Lipinski definition) is 3. The number of alkyl halides is 1. The number of nitrogens with zero attached hydrogens (tertiary/aromatic N) is 1. The summed E-state index contributed by atoms with van der Waals surface area (Å²) in [5.41, 5.74) is 0.895. The summed E-state index contributed by atoms with van der Waals surface area (Å²) in [7, 11) is 1.37. The van der Waals surface area contributed by atoms with Crippen molar-refractivity contribution in [1.82, 2.24) is 0 Å². The molecule has 0 amide bonds. The fraction of sp³-hybridized carbons (Fsp3) is 0.462. The highest BCUT2D eigenvalue weighted by Crippen LogP contribution is 2.12. The molecule has 0 bridgehead atoms. The molecule has 0 saturated heterocycles. The fourth-order valence-electron chi connectivity index (χ4n) is 1.38. The van der Waals surface area contributed by atoms with Crippen LogP contribution in [0, 0.1) is 0 Å². The Morgan fingerprint density at radius 3 is 2.61 bits per heavy atom. The minimum Gasteiger partial charge on any atom is -0.472 e. The molecule has 0 aromatic heterocycles. The first-order valence-corrected chi connectivity index (χ1v) is 6.17. The third-order valence-electron chi connectivity index (χ3n) is 2.29. The summed E-state index contributed by atoms with van der Waals surface area (Å²) in [6, 6.07) is 7.15. The van der Waals surface area contributed by atoms with Crippen molar-refractivity contribution in [3.8, 4) is 0 Å². The number of rotatable bonds is 6. The molecule has 100 valence electrons. The highest BCUT2D eigenvalue weighted by atomic mass is 35.5. The van der Waals surface area contributed by atoms with Crippen LogP contribution in [0.2, 0.25) is 5.02 Å². The van der Waals surface area contributed by atoms with Crippen molar-refractivity contribution in [2.24, 2.45) is 5.16 Å². The lowest BCUT2D eigenvalue weighted by molar-refractivity contribution is 0.169. The first-order chi connectivity index (χ1) is 8.67. The Bertz CT molecular complexity index is 381. The van der Waals surface area contributed by atoms with Gasteiger partial charge >= 0.3 is 0 Å². The predicted molar refractivity (Wildman–Crippen MR) is 70.5 cm³/mol. The van der Waals surface area contributed by atoms with E-state index >= 15 is 0 Å². The number of hydrogen-bond donors (Lipinski definition) is 0. The quantitative estimate of drug-likeness (QED) is 0.446. The van der Waals surface area contributed by atoms with E-state index in [1.807, 2.05) is 19.1 Å². The SMILES string of the molecule is CCCC(F)C(=NOC)OCc1ccc(Cl)cc1. The van der Waals surface area contributed by atoms with Gasteiger partial charge in [0.05, 0.1) is 0 Å². The van der Waals surface area contributed by atoms with E-state index < -0.39 is 6.17 Å². The normalized spacial score (nSPS) is 13.2. The van der Waals surface area contributed by atoms with Crippen LogP contribution in [0.3, 0.4) is 0 Å². The summed E-state index contributed by atoms with van der Waals surface area (Å²) >= 11 is 5.77. The molecule has 1 unspecified atom stereocenters. The van der Waals surface area contributed by atoms with Crippen LogP contribution in [-0.4, -0.2) is 19.2 Å². The molecular weight excluding hydrogens is 257 g/mol. The molecule has 5 heteroatoms. The van der Waals surface area contributed by atoms with Crippen LogP contribution in [0.4, 0.5) is 4.39 Å². The number of halogens is 2. The second-order valence-corrected chi connectivity index (χ2v) is 4.22. The zero-order valence-electron chi connectivity index (χ0n) is 10.5. The highest BCUT2D eigenvalue weighted by Gasteiger charge is 2.16. The van der Waals surface area contributed by atoms with Crippen molar-refractivity contribution >= 4 is 17.5 Å². The Morgan fingerprint density at radius 2 is 2.06 bits per heavy atom. The Labute approximate surface area is 112 Å². The zero-order valence-corrected chi connectivity index (χ0v) is 11.3. The summed E-state index contributed by atoms with van der Waals surface area (Å²) in [5.74, 6) is -0.0192. The van der Waals surface area contributed by atoms with Gasteiger partial charge in [-0.15, -0.1) is 0 Å². The van der Waals surface area contributed by atoms with Gasteiger partial charge in [0.2, 0.25) is 0 Å². The smallest absolute Gasteiger partial charge is 0.260 e. The molecule has 3 nitrogen and oxygen atoms in total. The predicted octanol–water partition coefficient (Wildman–Crippen LogP) is 3.95. The molecule has 0 heterocycles. The van der Waals surface area contributed by atoms with E-state index in [0.29, 0.717) is 17.9 Å². The van der Waals surface area contributed by atoms with E-state index in [4.69, 9.17) is 16.3 Å². The Morgan fingerprint density at radius 1 is 1.39 bits per heavy atom. The van der Waals surface area contributed by atoms with Crippen molar-refractivity contribution in [1.29, 1.82) is 0 Å². The van der Waals surface area contributed by atoms with Crippen molar-refractivity contribution in [2.45, 2.75) is 32.5 Å². The van der Waals surface area contributed by atoms with Gasteiger partial charge in [-0.25, -0.2) is 4.39 Å². The Kier molecular flexibility index (Phi) is 6.50. The molecule has 1 atom stereocenters. The molecule has 18 heavy (non-hydrogen) atoms. The number of ether oxygens (including phenoxy) is 1. The average molecular weight is 274 g/mol. The summed E-state index contributed by atoms with van der Waals surface area (Å²) in [5, 5.41) is 4.22. The van der Waals surface area contributed by atoms with E-state index in [0.717, 1.165) is 5.56 Å². The second kappa shape index (κ2) is 7.93. The van der Waals surface area contributed by atoms with Gasteiger partial charge in [-0.1, -0.05) is 37.1 Å². The highest BCUT2D eigenvalue weighted by molar-refractivity contribution is 6.30. The maximum Gasteiger partial charge on any atom is 0.260 e. The van der Waals surface area contributed by atoms with E-state index in [9.17, 15) is 4.39 Å². The molecule has 0 spiro atoms. The maximum absolute atomic E-state index is 13.7. The molecule has 1 aromatic rings. The zero-order chi connectivity index (χ0) is 13.4. The van der Waals surface area contributed by atoms with Gasteiger partial charge in [-0.2, -0.15) is 0 Å². The topological polar surface area (TPSA) is 30.8 Å². The molecule has 0 aliphatic heterocycles. The maximum atomic E-state index is 13.7. The third-order valence-corrected chi connectivity index (χ3v) is 2.54. The van der Waals surface area contributed by atoms with Crippen LogP contribution in [0.15, 0.2) is 29.4 Å². The largest absolute Gasteiger partial charge is 0.472 e. The Hall–Kier alpha value is -1.29. The summed E-state index contributed by atoms with van der Waals surface area (Å²) in [6.45, 7) is 2.14. The van der Waals surface area contributed by atoms with Gasteiger partial charge in [0, 0.05) is 5.02 Å². The molecular formula is C13H17ClFNO2. The van der Waals surface area contributed by atoms with Gasteiger partial charge in [-0.3, -0.25) is 0 Å². The summed E-state index contributed by atoms with van der Waals surface area (Å²) < 4.78 is 19.0. The minimum absolute atomic E-state index is 0.0192. The summed E-state index contributed by atoms with van der Waals surface area (Å²) in [6.07, 6.45) is -0.154. The van der Waals surface area contributed by atoms with Crippen LogP contribution in [0.25, 0.3) is 0 Å². The monoisotopic (exact) mass is 273 g/mol. The second-order valence-electron chi connectivity index (χ2n) is 3.78. The van der Waals surface area contributed by atoms with Crippen LogP contribution in [-0.2, 0) is 16.2 Å². The van der Waals surface area contributed by atoms with Gasteiger partial charge in [0.1, 0.15) is 13.7 Å². The fourth-order valence-corrected chi connectivity index (χ4v) is 1.50. The molecule has 0 saturated carbocycles. The van der Waals surface area contributed by atoms with E-state index in [1.54, 1.807) is 12.1 Å². The van der Waals surface area contributed by atoms with Crippen molar-refractivity contribution in [3.63, 3.8) is 0 Å². The van der Waals surface area contributed by atoms with Gasteiger partial charge < -0.3 is 9.57 Å². The standard InChI is InChI=1S/C13H17ClFNO2/c1-3-4-12(15)13(16-17-2)18-9-10-5-7-11(14)8-6-10/h5-8,12H,3-4,9H2,1-2H3. The van der Waals surface area contributed by atoms with Crippen LogP contribution in [0.5, 0.6) is 0 Å². The summed E-state index contributed by atoms with van der Waals surface area (Å²) in [4.78, 5) is 4.58. The molecule has 0 fully saturated rings. The molecule has 0 N–H and O–H groups in total. The third kappa shape index (κ3) is 4.92. The molecule has 1 aromatic carbocycles. The lowest BCUT2D eigenvalue weighted by Crippen LogP contribution is -2.19. The Balaban J connectivity index is 2.57. The average Bonchev–Trinajstić information content (AvgIpc) is 2.36. The lowest BCUT2D eigenvalue weighted by Gasteiger charge is -2.11. The van der Waals surface area contributed by atoms with Crippen LogP contribution in [0.1, 0.15) is 25.3 Å². The molecule has 0 aliphatic rings. The molecule has 0 aliphatic carbocycles. The molecule has 1 rings (SSSR count). The van der Waals surface area contributed by atoms with Gasteiger partial charge in [-0.05, 0) is 29.3 Å². The first kappa shape index (κ1) is 14.8. The number of oxime groups is 1. The van der Waals surface area contributed by atoms with E-state index in [-0.39, 0.29) is 12.5 Å². The van der Waals surface area contributed by atoms with Gasteiger partial charge in [0.15, 0.2) is 6.17 Å². The van der Waals surface area contributed by atoms with Crippen molar-refractivity contribution in [3.05, 3.63) is 34.9 Å². The van der Waals surface area contributed by atoms with Crippen molar-refractivity contribution in [2.75, 3.05) is 7.11 Å². The van der Waals surface area contributed by atoms with Crippen molar-refractivity contribution < 1.29 is 14.0 Å².